The summed E-state index contributed by atoms with van der Waals surface area (Å²) in [6.45, 7) is 1.85. The summed E-state index contributed by atoms with van der Waals surface area (Å²) < 4.78 is 0. The molecule has 0 fully saturated rings. The minimum Gasteiger partial charge on any atom is -0.276 e. The first kappa shape index (κ1) is 10.3. The minimum atomic E-state index is -0.543. The van der Waals surface area contributed by atoms with Gasteiger partial charge in [-0.15, -0.1) is 0 Å². The lowest BCUT2D eigenvalue weighted by Gasteiger charge is -2.04. The highest BCUT2D eigenvalue weighted by molar-refractivity contribution is 6.68. The van der Waals surface area contributed by atoms with Crippen molar-refractivity contribution in [2.75, 3.05) is 0 Å². The molecule has 0 aliphatic rings. The molecular formula is C10H6Cl2N2O. The van der Waals surface area contributed by atoms with Crippen LogP contribution in [0.5, 0.6) is 0 Å². The second-order valence-corrected chi connectivity index (χ2v) is 3.85. The van der Waals surface area contributed by atoms with Crippen LogP contribution in [0.25, 0.3) is 10.9 Å². The normalized spacial score (nSPS) is 10.6. The van der Waals surface area contributed by atoms with E-state index in [9.17, 15) is 4.79 Å². The number of fused-ring (bicyclic) bond motifs is 1. The van der Waals surface area contributed by atoms with E-state index in [-0.39, 0.29) is 0 Å². The van der Waals surface area contributed by atoms with Crippen LogP contribution >= 0.6 is 23.2 Å². The van der Waals surface area contributed by atoms with E-state index in [1.165, 1.54) is 6.33 Å². The molecule has 0 spiro atoms. The lowest BCUT2D eigenvalue weighted by atomic mass is 10.1. The van der Waals surface area contributed by atoms with Gasteiger partial charge in [0.05, 0.1) is 11.1 Å². The van der Waals surface area contributed by atoms with Crippen molar-refractivity contribution in [3.63, 3.8) is 0 Å². The van der Waals surface area contributed by atoms with Crippen molar-refractivity contribution in [1.29, 1.82) is 0 Å². The maximum Gasteiger partial charge on any atom is 0.254 e. The van der Waals surface area contributed by atoms with E-state index in [2.05, 4.69) is 9.97 Å². The molecule has 2 rings (SSSR count). The molecule has 0 unspecified atom stereocenters. The molecule has 5 heteroatoms. The Hall–Kier alpha value is -1.19. The van der Waals surface area contributed by atoms with Crippen LogP contribution in [-0.2, 0) is 0 Å². The van der Waals surface area contributed by atoms with Crippen LogP contribution in [0.1, 0.15) is 15.9 Å². The van der Waals surface area contributed by atoms with E-state index in [1.807, 2.05) is 13.0 Å². The molecule has 0 saturated carbocycles. The molecule has 15 heavy (non-hydrogen) atoms. The average Bonchev–Trinajstić information content (AvgIpc) is 2.18. The van der Waals surface area contributed by atoms with Crippen LogP contribution in [-0.4, -0.2) is 15.2 Å². The number of hydrogen-bond donors (Lipinski definition) is 0. The van der Waals surface area contributed by atoms with Crippen molar-refractivity contribution in [1.82, 2.24) is 9.97 Å². The minimum absolute atomic E-state index is 0.322. The van der Waals surface area contributed by atoms with Crippen LogP contribution in [0.4, 0.5) is 0 Å². The van der Waals surface area contributed by atoms with Gasteiger partial charge in [0.15, 0.2) is 0 Å². The lowest BCUT2D eigenvalue weighted by Crippen LogP contribution is -1.95. The van der Waals surface area contributed by atoms with Gasteiger partial charge >= 0.3 is 0 Å². The molecular weight excluding hydrogens is 235 g/mol. The zero-order valence-electron chi connectivity index (χ0n) is 7.79. The van der Waals surface area contributed by atoms with Gasteiger partial charge < -0.3 is 0 Å². The molecule has 3 nitrogen and oxygen atoms in total. The molecule has 2 aromatic rings. The molecule has 1 heterocycles. The third kappa shape index (κ3) is 1.80. The number of nitrogens with zero attached hydrogens (tertiary/aromatic N) is 2. The maximum atomic E-state index is 11.2. The fourth-order valence-electron chi connectivity index (χ4n) is 1.43. The van der Waals surface area contributed by atoms with Crippen molar-refractivity contribution < 1.29 is 4.79 Å². The standard InChI is InChI=1S/C10H6Cl2N2O/c1-5-2-6-8(7(3-5)10(12)15)13-4-14-9(6)11/h2-4H,1H3. The summed E-state index contributed by atoms with van der Waals surface area (Å²) in [5, 5.41) is 0.421. The highest BCUT2D eigenvalue weighted by Crippen LogP contribution is 2.24. The number of aromatic nitrogens is 2. The summed E-state index contributed by atoms with van der Waals surface area (Å²) in [5.41, 5.74) is 1.74. The van der Waals surface area contributed by atoms with Gasteiger partial charge in [-0.3, -0.25) is 4.79 Å². The number of carbonyl (C=O) groups is 1. The van der Waals surface area contributed by atoms with E-state index >= 15 is 0 Å². The van der Waals surface area contributed by atoms with Crippen LogP contribution in [0.2, 0.25) is 5.15 Å². The summed E-state index contributed by atoms with van der Waals surface area (Å²) in [7, 11) is 0. The van der Waals surface area contributed by atoms with E-state index in [0.29, 0.717) is 21.6 Å². The molecule has 0 bridgehead atoms. The number of rotatable bonds is 1. The predicted octanol–water partition coefficient (Wildman–Crippen LogP) is 2.97. The third-order valence-corrected chi connectivity index (χ3v) is 2.55. The molecule has 1 aromatic heterocycles. The highest BCUT2D eigenvalue weighted by atomic mass is 35.5. The van der Waals surface area contributed by atoms with Gasteiger partial charge in [0.1, 0.15) is 11.5 Å². The number of benzene rings is 1. The number of carbonyl (C=O) groups excluding carboxylic acids is 1. The second kappa shape index (κ2) is 3.76. The molecule has 0 radical (unpaired) electrons. The van der Waals surface area contributed by atoms with Crippen molar-refractivity contribution in [2.45, 2.75) is 6.92 Å². The fourth-order valence-corrected chi connectivity index (χ4v) is 1.76. The van der Waals surface area contributed by atoms with Gasteiger partial charge in [0.25, 0.3) is 5.24 Å². The molecule has 1 aromatic carbocycles. The van der Waals surface area contributed by atoms with Crippen molar-refractivity contribution in [2.24, 2.45) is 0 Å². The smallest absolute Gasteiger partial charge is 0.254 e. The van der Waals surface area contributed by atoms with Crippen LogP contribution in [0.3, 0.4) is 0 Å². The van der Waals surface area contributed by atoms with Gasteiger partial charge in [0.2, 0.25) is 0 Å². The first-order valence-electron chi connectivity index (χ1n) is 4.20. The van der Waals surface area contributed by atoms with Gasteiger partial charge in [-0.1, -0.05) is 11.6 Å². The molecule has 0 aliphatic carbocycles. The van der Waals surface area contributed by atoms with Crippen LogP contribution < -0.4 is 0 Å². The monoisotopic (exact) mass is 240 g/mol. The Morgan fingerprint density at radius 3 is 2.73 bits per heavy atom. The Morgan fingerprint density at radius 2 is 2.07 bits per heavy atom. The van der Waals surface area contributed by atoms with Gasteiger partial charge in [0, 0.05) is 5.39 Å². The Bertz CT molecular complexity index is 554. The Kier molecular flexibility index (Phi) is 2.59. The lowest BCUT2D eigenvalue weighted by molar-refractivity contribution is 0.108. The predicted molar refractivity (Wildman–Crippen MR) is 59.5 cm³/mol. The summed E-state index contributed by atoms with van der Waals surface area (Å²) in [5.74, 6) is 0. The van der Waals surface area contributed by atoms with E-state index in [0.717, 1.165) is 5.56 Å². The summed E-state index contributed by atoms with van der Waals surface area (Å²) in [6.07, 6.45) is 1.31. The molecule has 0 saturated heterocycles. The van der Waals surface area contributed by atoms with Crippen molar-refractivity contribution in [3.05, 3.63) is 34.7 Å². The third-order valence-electron chi connectivity index (χ3n) is 2.05. The molecule has 0 amide bonds. The zero-order chi connectivity index (χ0) is 11.0. The highest BCUT2D eigenvalue weighted by Gasteiger charge is 2.11. The van der Waals surface area contributed by atoms with E-state index in [4.69, 9.17) is 23.2 Å². The van der Waals surface area contributed by atoms with Gasteiger partial charge in [-0.25, -0.2) is 9.97 Å². The zero-order valence-corrected chi connectivity index (χ0v) is 9.30. The number of aryl methyl sites for hydroxylation is 1. The first-order chi connectivity index (χ1) is 7.09. The summed E-state index contributed by atoms with van der Waals surface area (Å²) in [4.78, 5) is 19.0. The second-order valence-electron chi connectivity index (χ2n) is 3.15. The largest absolute Gasteiger partial charge is 0.276 e. The SMILES string of the molecule is Cc1cc(C(=O)Cl)c2ncnc(Cl)c2c1. The molecule has 0 atom stereocenters. The maximum absolute atomic E-state index is 11.2. The van der Waals surface area contributed by atoms with Crippen molar-refractivity contribution in [3.8, 4) is 0 Å². The Morgan fingerprint density at radius 1 is 1.33 bits per heavy atom. The van der Waals surface area contributed by atoms with E-state index < -0.39 is 5.24 Å². The Labute approximate surface area is 96.1 Å². The quantitative estimate of drug-likeness (QED) is 0.569. The summed E-state index contributed by atoms with van der Waals surface area (Å²) >= 11 is 11.4. The average molecular weight is 241 g/mol. The Balaban J connectivity index is 2.92. The molecule has 76 valence electrons. The number of halogens is 2. The van der Waals surface area contributed by atoms with E-state index in [1.54, 1.807) is 6.07 Å². The fraction of sp³-hybridized carbons (Fsp3) is 0.100. The summed E-state index contributed by atoms with van der Waals surface area (Å²) in [6, 6.07) is 3.50. The van der Waals surface area contributed by atoms with Gasteiger partial charge in [-0.05, 0) is 36.2 Å². The number of hydrogen-bond acceptors (Lipinski definition) is 3. The van der Waals surface area contributed by atoms with Crippen LogP contribution in [0, 0.1) is 6.92 Å². The molecule has 0 N–H and O–H groups in total. The topological polar surface area (TPSA) is 42.9 Å². The first-order valence-corrected chi connectivity index (χ1v) is 4.96. The molecule has 0 aliphatic heterocycles. The van der Waals surface area contributed by atoms with Gasteiger partial charge in [-0.2, -0.15) is 0 Å². The van der Waals surface area contributed by atoms with Crippen molar-refractivity contribution >= 4 is 39.3 Å². The van der Waals surface area contributed by atoms with Crippen LogP contribution in [0.15, 0.2) is 18.5 Å².